The predicted octanol–water partition coefficient (Wildman–Crippen LogP) is 1.98. The molecule has 6 rings (SSSR count). The second-order valence-electron chi connectivity index (χ2n) is 10.7. The van der Waals surface area contributed by atoms with E-state index in [1.807, 2.05) is 18.2 Å². The quantitative estimate of drug-likeness (QED) is 0.371. The van der Waals surface area contributed by atoms with Crippen LogP contribution >= 0.6 is 0 Å². The maximum atomic E-state index is 13.6. The van der Waals surface area contributed by atoms with Crippen molar-refractivity contribution in [2.45, 2.75) is 43.7 Å². The van der Waals surface area contributed by atoms with Gasteiger partial charge in [-0.15, -0.1) is 0 Å². The van der Waals surface area contributed by atoms with Gasteiger partial charge in [0.2, 0.25) is 11.8 Å². The topological polar surface area (TPSA) is 136 Å². The van der Waals surface area contributed by atoms with Gasteiger partial charge in [0.15, 0.2) is 0 Å². The first kappa shape index (κ1) is 22.1. The number of aromatic amines is 1. The van der Waals surface area contributed by atoms with Crippen LogP contribution in [0.5, 0.6) is 5.75 Å². The minimum atomic E-state index is -0.828. The predicted molar refractivity (Wildman–Crippen MR) is 129 cm³/mol. The van der Waals surface area contributed by atoms with Gasteiger partial charge >= 0.3 is 0 Å². The van der Waals surface area contributed by atoms with Gasteiger partial charge in [0.1, 0.15) is 17.5 Å². The fraction of sp³-hybridized carbons (Fsp3) is 0.538. The van der Waals surface area contributed by atoms with Gasteiger partial charge in [0.25, 0.3) is 5.91 Å². The van der Waals surface area contributed by atoms with Gasteiger partial charge in [0, 0.05) is 29.6 Å². The summed E-state index contributed by atoms with van der Waals surface area (Å²) in [6.45, 7) is 0.697. The van der Waals surface area contributed by atoms with Gasteiger partial charge in [0.05, 0.1) is 12.6 Å². The third-order valence-corrected chi connectivity index (χ3v) is 8.72. The standard InChI is InChI=1S/C26H31N5O4/c1-35-21-4-2-3-18-15(21)9-20(29-18)23(32)30-19(7-13-5-6-13)24(33)31-26(12-27)10-14-8-17(26)22-16(14)11-28-25(22)34/h2-4,9,12-14,16-17,19,22,27,29H,5-8,10-11H2,1H3,(H,28,34)(H,30,32)(H,31,33)/t14-,16-,17-,19-,22-,26+/m0/s1. The zero-order valence-electron chi connectivity index (χ0n) is 19.7. The van der Waals surface area contributed by atoms with Crippen LogP contribution in [0.2, 0.25) is 0 Å². The van der Waals surface area contributed by atoms with Crippen LogP contribution in [0.3, 0.4) is 0 Å². The first-order valence-electron chi connectivity index (χ1n) is 12.5. The number of amides is 3. The number of carbonyl (C=O) groups is 3. The summed E-state index contributed by atoms with van der Waals surface area (Å²) in [5.41, 5.74) is 0.322. The summed E-state index contributed by atoms with van der Waals surface area (Å²) < 4.78 is 5.39. The number of benzene rings is 1. The zero-order valence-corrected chi connectivity index (χ0v) is 19.7. The lowest BCUT2D eigenvalue weighted by molar-refractivity contribution is -0.128. The van der Waals surface area contributed by atoms with Crippen molar-refractivity contribution in [2.24, 2.45) is 29.6 Å². The molecule has 9 heteroatoms. The van der Waals surface area contributed by atoms with Gasteiger partial charge in [-0.1, -0.05) is 18.9 Å². The monoisotopic (exact) mass is 477 g/mol. The van der Waals surface area contributed by atoms with E-state index < -0.39 is 11.6 Å². The Kier molecular flexibility index (Phi) is 5.12. The molecule has 0 spiro atoms. The van der Waals surface area contributed by atoms with Gasteiger partial charge in [-0.05, 0) is 61.1 Å². The van der Waals surface area contributed by atoms with Gasteiger partial charge < -0.3 is 31.1 Å². The molecule has 35 heavy (non-hydrogen) atoms. The average molecular weight is 478 g/mol. The van der Waals surface area contributed by atoms with Crippen LogP contribution in [0.25, 0.3) is 10.9 Å². The first-order chi connectivity index (χ1) is 16.9. The van der Waals surface area contributed by atoms with Crippen molar-refractivity contribution in [3.05, 3.63) is 30.0 Å². The highest BCUT2D eigenvalue weighted by Gasteiger charge is 2.64. The molecule has 4 fully saturated rings. The molecular weight excluding hydrogens is 446 g/mol. The lowest BCUT2D eigenvalue weighted by Crippen LogP contribution is -2.61. The Hall–Kier alpha value is -3.36. The maximum absolute atomic E-state index is 13.6. The Bertz CT molecular complexity index is 1220. The number of carbonyl (C=O) groups excluding carboxylic acids is 3. The molecule has 6 atom stereocenters. The Morgan fingerprint density at radius 1 is 1.34 bits per heavy atom. The van der Waals surface area contributed by atoms with Crippen molar-refractivity contribution in [2.75, 3.05) is 13.7 Å². The van der Waals surface area contributed by atoms with Gasteiger partial charge in [-0.3, -0.25) is 14.4 Å². The molecule has 184 valence electrons. The molecule has 1 aromatic carbocycles. The van der Waals surface area contributed by atoms with Crippen LogP contribution in [0, 0.1) is 35.0 Å². The second kappa shape index (κ2) is 8.10. The number of fused-ring (bicyclic) bond motifs is 6. The lowest BCUT2D eigenvalue weighted by Gasteiger charge is -2.40. The van der Waals surface area contributed by atoms with E-state index in [0.29, 0.717) is 48.6 Å². The Balaban J connectivity index is 1.21. The molecule has 3 aliphatic carbocycles. The number of aromatic nitrogens is 1. The summed E-state index contributed by atoms with van der Waals surface area (Å²) in [5, 5.41) is 18.0. The number of rotatable bonds is 8. The second-order valence-corrected chi connectivity index (χ2v) is 10.7. The number of ether oxygens (including phenoxy) is 1. The molecule has 0 unspecified atom stereocenters. The molecule has 2 aromatic rings. The van der Waals surface area contributed by atoms with E-state index in [1.165, 1.54) is 6.21 Å². The van der Waals surface area contributed by atoms with E-state index in [2.05, 4.69) is 20.9 Å². The fourth-order valence-electron chi connectivity index (χ4n) is 6.84. The summed E-state index contributed by atoms with van der Waals surface area (Å²) in [6, 6.07) is 6.60. The minimum absolute atomic E-state index is 0.0414. The first-order valence-corrected chi connectivity index (χ1v) is 12.5. The molecule has 0 radical (unpaired) electrons. The lowest BCUT2D eigenvalue weighted by atomic mass is 9.71. The summed E-state index contributed by atoms with van der Waals surface area (Å²) in [7, 11) is 1.59. The Labute approximate surface area is 203 Å². The van der Waals surface area contributed by atoms with E-state index in [1.54, 1.807) is 13.2 Å². The third-order valence-electron chi connectivity index (χ3n) is 8.72. The SMILES string of the molecule is COc1cccc2[nH]c(C(=O)N[C@@H](CC3CC3)C(=O)N[C@@]3(C=N)C[C@@H]4C[C@H]3[C@H]3C(=O)NC[C@@H]43)cc12. The number of hydrogen-bond donors (Lipinski definition) is 5. The average Bonchev–Trinajstić information content (AvgIpc) is 3.18. The van der Waals surface area contributed by atoms with E-state index in [9.17, 15) is 14.4 Å². The summed E-state index contributed by atoms with van der Waals surface area (Å²) in [5.74, 6) is 0.912. The molecular formula is C26H31N5O4. The van der Waals surface area contributed by atoms with E-state index in [-0.39, 0.29) is 29.6 Å². The molecule has 2 bridgehead atoms. The number of H-pyrrole nitrogens is 1. The molecule has 2 heterocycles. The third kappa shape index (κ3) is 3.59. The molecule has 1 aromatic heterocycles. The van der Waals surface area contributed by atoms with Gasteiger partial charge in [-0.25, -0.2) is 0 Å². The molecule has 9 nitrogen and oxygen atoms in total. The molecule has 1 saturated heterocycles. The van der Waals surface area contributed by atoms with E-state index >= 15 is 0 Å². The highest BCUT2D eigenvalue weighted by molar-refractivity contribution is 6.01. The largest absolute Gasteiger partial charge is 0.496 e. The number of nitrogens with one attached hydrogen (secondary N) is 5. The summed E-state index contributed by atoms with van der Waals surface area (Å²) in [6.07, 6.45) is 5.53. The van der Waals surface area contributed by atoms with Crippen molar-refractivity contribution < 1.29 is 19.1 Å². The minimum Gasteiger partial charge on any atom is -0.496 e. The van der Waals surface area contributed by atoms with Crippen LogP contribution in [0.4, 0.5) is 0 Å². The zero-order chi connectivity index (χ0) is 24.3. The molecule has 1 aliphatic heterocycles. The highest BCUT2D eigenvalue weighted by atomic mass is 16.5. The molecule has 3 amide bonds. The van der Waals surface area contributed by atoms with Crippen LogP contribution in [-0.2, 0) is 9.59 Å². The number of hydrogen-bond acceptors (Lipinski definition) is 5. The van der Waals surface area contributed by atoms with Crippen LogP contribution in [0.1, 0.15) is 42.6 Å². The maximum Gasteiger partial charge on any atom is 0.268 e. The smallest absolute Gasteiger partial charge is 0.268 e. The van der Waals surface area contributed by atoms with Crippen molar-refractivity contribution >= 4 is 34.8 Å². The Morgan fingerprint density at radius 3 is 2.91 bits per heavy atom. The molecule has 5 N–H and O–H groups in total. The summed E-state index contributed by atoms with van der Waals surface area (Å²) >= 11 is 0. The van der Waals surface area contributed by atoms with Crippen molar-refractivity contribution in [3.63, 3.8) is 0 Å². The Morgan fingerprint density at radius 2 is 2.17 bits per heavy atom. The fourth-order valence-corrected chi connectivity index (χ4v) is 6.84. The normalized spacial score (nSPS) is 31.6. The van der Waals surface area contributed by atoms with Crippen molar-refractivity contribution in [1.29, 1.82) is 5.41 Å². The van der Waals surface area contributed by atoms with E-state index in [4.69, 9.17) is 10.1 Å². The van der Waals surface area contributed by atoms with Crippen LogP contribution < -0.4 is 20.7 Å². The molecule has 3 saturated carbocycles. The van der Waals surface area contributed by atoms with Crippen molar-refractivity contribution in [1.82, 2.24) is 20.9 Å². The number of methoxy groups -OCH3 is 1. The van der Waals surface area contributed by atoms with Crippen LogP contribution in [0.15, 0.2) is 24.3 Å². The molecule has 4 aliphatic rings. The summed E-state index contributed by atoms with van der Waals surface area (Å²) in [4.78, 5) is 42.3. The van der Waals surface area contributed by atoms with Gasteiger partial charge in [-0.2, -0.15) is 0 Å². The van der Waals surface area contributed by atoms with Crippen LogP contribution in [-0.4, -0.2) is 54.2 Å². The van der Waals surface area contributed by atoms with Crippen molar-refractivity contribution in [3.8, 4) is 5.75 Å². The van der Waals surface area contributed by atoms with E-state index in [0.717, 1.165) is 30.2 Å². The highest BCUT2D eigenvalue weighted by Crippen LogP contribution is 2.58.